The van der Waals surface area contributed by atoms with E-state index >= 15 is 0 Å². The Bertz CT molecular complexity index is 849. The van der Waals surface area contributed by atoms with E-state index in [1.165, 1.54) is 0 Å². The lowest BCUT2D eigenvalue weighted by molar-refractivity contribution is 0.244. The maximum absolute atomic E-state index is 6.27. The van der Waals surface area contributed by atoms with E-state index in [9.17, 15) is 0 Å². The van der Waals surface area contributed by atoms with Gasteiger partial charge in [-0.15, -0.1) is 0 Å². The number of aryl methyl sites for hydroxylation is 2. The number of ether oxygens (including phenoxy) is 1. The lowest BCUT2D eigenvalue weighted by Gasteiger charge is -2.11. The van der Waals surface area contributed by atoms with Crippen LogP contribution in [0.1, 0.15) is 30.8 Å². The number of nitrogens with zero attached hydrogens (tertiary/aromatic N) is 3. The number of benzene rings is 1. The van der Waals surface area contributed by atoms with Crippen molar-refractivity contribution in [3.63, 3.8) is 0 Å². The molecule has 0 N–H and O–H groups in total. The minimum atomic E-state index is 0.128. The number of hydrogen-bond donors (Lipinski definition) is 0. The predicted molar refractivity (Wildman–Crippen MR) is 89.1 cm³/mol. The molecule has 1 aromatic carbocycles. The molecule has 7 heteroatoms. The molecule has 2 aromatic heterocycles. The molecule has 0 aliphatic heterocycles. The highest BCUT2D eigenvalue weighted by atomic mass is 35.5. The second-order valence-electron chi connectivity index (χ2n) is 5.16. The van der Waals surface area contributed by atoms with Crippen molar-refractivity contribution in [2.24, 2.45) is 0 Å². The number of hydrogen-bond acceptors (Lipinski definition) is 5. The van der Waals surface area contributed by atoms with Crippen molar-refractivity contribution < 1.29 is 9.26 Å². The first-order valence-electron chi connectivity index (χ1n) is 7.28. The number of fused-ring (bicyclic) bond motifs is 1. The van der Waals surface area contributed by atoms with Gasteiger partial charge in [0, 0.05) is 17.5 Å². The maximum Gasteiger partial charge on any atom is 0.264 e. The van der Waals surface area contributed by atoms with Crippen LogP contribution in [0.2, 0.25) is 10.0 Å². The topological polar surface area (TPSA) is 61.0 Å². The monoisotopic (exact) mass is 351 g/mol. The van der Waals surface area contributed by atoms with E-state index in [1.54, 1.807) is 6.07 Å². The highest BCUT2D eigenvalue weighted by molar-refractivity contribution is 6.39. The molecule has 0 saturated carbocycles. The molecular weight excluding hydrogens is 337 g/mol. The number of halogens is 2. The summed E-state index contributed by atoms with van der Waals surface area (Å²) in [4.78, 5) is 8.75. The van der Waals surface area contributed by atoms with Gasteiger partial charge in [0.05, 0.1) is 10.0 Å². The standard InChI is InChI=1S/C16H15Cl2N3O2/c1-3-4-13-20-14(23-21-13)8-22-16-12(18)7-11(17)10-6-5-9(2)19-15(10)16/h5-7H,3-4,8H2,1-2H3. The van der Waals surface area contributed by atoms with Gasteiger partial charge in [0.1, 0.15) is 5.52 Å². The van der Waals surface area contributed by atoms with Gasteiger partial charge in [-0.25, -0.2) is 4.98 Å². The fraction of sp³-hybridized carbons (Fsp3) is 0.312. The van der Waals surface area contributed by atoms with Crippen LogP contribution >= 0.6 is 23.2 Å². The van der Waals surface area contributed by atoms with Crippen LogP contribution in [0.15, 0.2) is 22.7 Å². The van der Waals surface area contributed by atoms with Crippen LogP contribution < -0.4 is 4.74 Å². The zero-order valence-corrected chi connectivity index (χ0v) is 14.3. The predicted octanol–water partition coefficient (Wildman–Crippen LogP) is 4.76. The Balaban J connectivity index is 1.91. The number of aromatic nitrogens is 3. The molecule has 0 radical (unpaired) electrons. The van der Waals surface area contributed by atoms with E-state index in [-0.39, 0.29) is 6.61 Å². The van der Waals surface area contributed by atoms with Gasteiger partial charge >= 0.3 is 0 Å². The first kappa shape index (κ1) is 16.0. The minimum Gasteiger partial charge on any atom is -0.480 e. The van der Waals surface area contributed by atoms with Crippen molar-refractivity contribution in [1.29, 1.82) is 0 Å². The summed E-state index contributed by atoms with van der Waals surface area (Å²) >= 11 is 12.5. The van der Waals surface area contributed by atoms with Gasteiger partial charge in [-0.3, -0.25) is 0 Å². The first-order valence-corrected chi connectivity index (χ1v) is 8.03. The second-order valence-corrected chi connectivity index (χ2v) is 5.98. The van der Waals surface area contributed by atoms with Crippen LogP contribution in [-0.4, -0.2) is 15.1 Å². The summed E-state index contributed by atoms with van der Waals surface area (Å²) in [6.45, 7) is 4.08. The fourth-order valence-corrected chi connectivity index (χ4v) is 2.81. The molecule has 0 aliphatic carbocycles. The number of pyridine rings is 1. The Hall–Kier alpha value is -1.85. The second kappa shape index (κ2) is 6.72. The molecule has 2 heterocycles. The van der Waals surface area contributed by atoms with Crippen LogP contribution in [0, 0.1) is 6.92 Å². The Morgan fingerprint density at radius 2 is 2.00 bits per heavy atom. The molecule has 3 aromatic rings. The average Bonchev–Trinajstić information content (AvgIpc) is 2.94. The van der Waals surface area contributed by atoms with Gasteiger partial charge in [-0.05, 0) is 31.5 Å². The third kappa shape index (κ3) is 3.41. The Morgan fingerprint density at radius 1 is 1.17 bits per heavy atom. The van der Waals surface area contributed by atoms with E-state index in [1.807, 2.05) is 19.1 Å². The molecule has 0 aliphatic rings. The van der Waals surface area contributed by atoms with Crippen LogP contribution in [-0.2, 0) is 13.0 Å². The normalized spacial score (nSPS) is 11.1. The van der Waals surface area contributed by atoms with E-state index in [0.29, 0.717) is 33.0 Å². The molecule has 23 heavy (non-hydrogen) atoms. The summed E-state index contributed by atoms with van der Waals surface area (Å²) < 4.78 is 11.0. The van der Waals surface area contributed by atoms with Crippen LogP contribution in [0.4, 0.5) is 0 Å². The minimum absolute atomic E-state index is 0.128. The molecule has 0 unspecified atom stereocenters. The summed E-state index contributed by atoms with van der Waals surface area (Å²) in [7, 11) is 0. The molecule has 0 saturated heterocycles. The zero-order chi connectivity index (χ0) is 16.4. The third-order valence-corrected chi connectivity index (χ3v) is 3.89. The van der Waals surface area contributed by atoms with Gasteiger partial charge in [0.25, 0.3) is 5.89 Å². The quantitative estimate of drug-likeness (QED) is 0.662. The van der Waals surface area contributed by atoms with Crippen molar-refractivity contribution in [2.45, 2.75) is 33.3 Å². The largest absolute Gasteiger partial charge is 0.480 e. The SMILES string of the molecule is CCCc1noc(COc2c(Cl)cc(Cl)c3ccc(C)nc23)n1. The van der Waals surface area contributed by atoms with Gasteiger partial charge in [0.2, 0.25) is 0 Å². The first-order chi connectivity index (χ1) is 11.1. The maximum atomic E-state index is 6.27. The Morgan fingerprint density at radius 3 is 2.78 bits per heavy atom. The Kier molecular flexibility index (Phi) is 4.68. The molecule has 0 spiro atoms. The molecule has 0 amide bonds. The van der Waals surface area contributed by atoms with E-state index in [0.717, 1.165) is 23.9 Å². The molecule has 0 fully saturated rings. The fourth-order valence-electron chi connectivity index (χ4n) is 2.24. The molecule has 0 atom stereocenters. The average molecular weight is 352 g/mol. The summed E-state index contributed by atoms with van der Waals surface area (Å²) in [5, 5.41) is 5.61. The smallest absolute Gasteiger partial charge is 0.264 e. The van der Waals surface area contributed by atoms with Gasteiger partial charge in [0.15, 0.2) is 18.2 Å². The Labute approximate surface area is 143 Å². The van der Waals surface area contributed by atoms with Gasteiger partial charge < -0.3 is 9.26 Å². The summed E-state index contributed by atoms with van der Waals surface area (Å²) in [5.74, 6) is 1.54. The summed E-state index contributed by atoms with van der Waals surface area (Å²) in [6.07, 6.45) is 1.73. The highest BCUT2D eigenvalue weighted by Gasteiger charge is 2.15. The van der Waals surface area contributed by atoms with Gasteiger partial charge in [-0.2, -0.15) is 4.98 Å². The van der Waals surface area contributed by atoms with Crippen molar-refractivity contribution >= 4 is 34.1 Å². The lowest BCUT2D eigenvalue weighted by atomic mass is 10.2. The molecule has 0 bridgehead atoms. The van der Waals surface area contributed by atoms with Crippen molar-refractivity contribution in [3.8, 4) is 5.75 Å². The van der Waals surface area contributed by atoms with E-state index < -0.39 is 0 Å². The summed E-state index contributed by atoms with van der Waals surface area (Å²) in [5.41, 5.74) is 1.47. The third-order valence-electron chi connectivity index (χ3n) is 3.30. The van der Waals surface area contributed by atoms with Gasteiger partial charge in [-0.1, -0.05) is 35.3 Å². The van der Waals surface area contributed by atoms with Crippen molar-refractivity contribution in [3.05, 3.63) is 45.7 Å². The molecular formula is C16H15Cl2N3O2. The van der Waals surface area contributed by atoms with E-state index in [4.69, 9.17) is 32.5 Å². The van der Waals surface area contributed by atoms with Crippen LogP contribution in [0.3, 0.4) is 0 Å². The molecule has 120 valence electrons. The van der Waals surface area contributed by atoms with Crippen molar-refractivity contribution in [1.82, 2.24) is 15.1 Å². The molecule has 5 nitrogen and oxygen atoms in total. The number of rotatable bonds is 5. The zero-order valence-electron chi connectivity index (χ0n) is 12.8. The molecule has 3 rings (SSSR count). The summed E-state index contributed by atoms with van der Waals surface area (Å²) in [6, 6.07) is 5.43. The van der Waals surface area contributed by atoms with E-state index in [2.05, 4.69) is 22.0 Å². The van der Waals surface area contributed by atoms with Crippen LogP contribution in [0.5, 0.6) is 5.75 Å². The van der Waals surface area contributed by atoms with Crippen molar-refractivity contribution in [2.75, 3.05) is 0 Å². The van der Waals surface area contributed by atoms with Crippen LogP contribution in [0.25, 0.3) is 10.9 Å². The highest BCUT2D eigenvalue weighted by Crippen LogP contribution is 2.37. The lowest BCUT2D eigenvalue weighted by Crippen LogP contribution is -1.99.